The van der Waals surface area contributed by atoms with Crippen molar-refractivity contribution in [2.24, 2.45) is 5.92 Å². The van der Waals surface area contributed by atoms with Crippen LogP contribution in [0.3, 0.4) is 0 Å². The molecular formula is C18H35NaO4S. The molecule has 0 fully saturated rings. The van der Waals surface area contributed by atoms with Crippen LogP contribution in [0.1, 0.15) is 90.9 Å². The van der Waals surface area contributed by atoms with E-state index >= 15 is 0 Å². The summed E-state index contributed by atoms with van der Waals surface area (Å²) in [5.74, 6) is 0.0241. The van der Waals surface area contributed by atoms with Gasteiger partial charge in [0.15, 0.2) is 0 Å². The Morgan fingerprint density at radius 2 is 1.46 bits per heavy atom. The van der Waals surface area contributed by atoms with Crippen LogP contribution >= 0.6 is 0 Å². The van der Waals surface area contributed by atoms with Crippen LogP contribution in [0.25, 0.3) is 0 Å². The zero-order chi connectivity index (χ0) is 17.4. The van der Waals surface area contributed by atoms with E-state index in [-0.39, 0.29) is 42.1 Å². The summed E-state index contributed by atoms with van der Waals surface area (Å²) in [4.78, 5) is 0. The van der Waals surface area contributed by atoms with Crippen molar-refractivity contribution in [2.75, 3.05) is 6.61 Å². The summed E-state index contributed by atoms with van der Waals surface area (Å²) < 4.78 is 36.3. The first kappa shape index (κ1) is 26.8. The smallest absolute Gasteiger partial charge is 0.726 e. The van der Waals surface area contributed by atoms with E-state index in [0.29, 0.717) is 0 Å². The van der Waals surface area contributed by atoms with Gasteiger partial charge in [-0.2, -0.15) is 0 Å². The Labute approximate surface area is 172 Å². The zero-order valence-corrected chi connectivity index (χ0v) is 18.8. The van der Waals surface area contributed by atoms with E-state index in [1.807, 2.05) is 6.08 Å². The Balaban J connectivity index is 0. The van der Waals surface area contributed by atoms with Crippen LogP contribution in [0.15, 0.2) is 12.2 Å². The van der Waals surface area contributed by atoms with Crippen molar-refractivity contribution < 1.29 is 46.7 Å². The third-order valence-corrected chi connectivity index (χ3v) is 4.41. The predicted octanol–water partition coefficient (Wildman–Crippen LogP) is 2.36. The first-order chi connectivity index (χ1) is 11.0. The molecule has 24 heavy (non-hydrogen) atoms. The summed E-state index contributed by atoms with van der Waals surface area (Å²) in [6.07, 6.45) is 18.1. The van der Waals surface area contributed by atoms with Crippen molar-refractivity contribution >= 4 is 10.4 Å². The normalized spacial score (nSPS) is 13.1. The number of hydrogen-bond acceptors (Lipinski definition) is 4. The summed E-state index contributed by atoms with van der Waals surface area (Å²) in [6, 6.07) is 0. The summed E-state index contributed by atoms with van der Waals surface area (Å²) >= 11 is 0. The summed E-state index contributed by atoms with van der Waals surface area (Å²) in [5, 5.41) is 0. The fourth-order valence-electron chi connectivity index (χ4n) is 2.57. The van der Waals surface area contributed by atoms with E-state index < -0.39 is 10.4 Å². The zero-order valence-electron chi connectivity index (χ0n) is 16.0. The maximum absolute atomic E-state index is 10.6. The Morgan fingerprint density at radius 3 is 2.00 bits per heavy atom. The van der Waals surface area contributed by atoms with Crippen LogP contribution in [0.2, 0.25) is 0 Å². The van der Waals surface area contributed by atoms with E-state index in [9.17, 15) is 13.0 Å². The number of rotatable bonds is 16. The molecular weight excluding hydrogens is 335 g/mol. The average Bonchev–Trinajstić information content (AvgIpc) is 2.49. The molecule has 0 amide bonds. The van der Waals surface area contributed by atoms with Crippen LogP contribution in [-0.2, 0) is 14.6 Å². The molecule has 4 nitrogen and oxygen atoms in total. The van der Waals surface area contributed by atoms with Crippen molar-refractivity contribution in [3.8, 4) is 0 Å². The maximum atomic E-state index is 10.6. The Hall–Kier alpha value is 0.610. The molecule has 6 heteroatoms. The topological polar surface area (TPSA) is 66.4 Å². The van der Waals surface area contributed by atoms with Crippen LogP contribution in [0.4, 0.5) is 0 Å². The number of allylic oxidation sites excluding steroid dienone is 1. The SMILES string of the molecule is CCCCCCC/C=C/C(CCCCCCC)COS(=O)(=O)[O-].[Na+]. The quantitative estimate of drug-likeness (QED) is 0.138. The molecule has 0 aromatic heterocycles. The fourth-order valence-corrected chi connectivity index (χ4v) is 2.91. The number of hydrogen-bond donors (Lipinski definition) is 0. The summed E-state index contributed by atoms with van der Waals surface area (Å²) in [7, 11) is -4.59. The standard InChI is InChI=1S/C18H36O4S.Na/c1-3-5-7-9-10-12-14-16-18(17-22-23(19,20)21)15-13-11-8-6-4-2;/h14,16,18H,3-13,15,17H2,1-2H3,(H,19,20,21);/q;+1/p-1/b16-14+;. The van der Waals surface area contributed by atoms with Crippen molar-refractivity contribution in [3.05, 3.63) is 12.2 Å². The van der Waals surface area contributed by atoms with Gasteiger partial charge in [-0.1, -0.05) is 83.8 Å². The Bertz CT molecular complexity index is 382. The largest absolute Gasteiger partial charge is 1.00 e. The minimum atomic E-state index is -4.59. The molecule has 0 rings (SSSR count). The van der Waals surface area contributed by atoms with E-state index in [1.165, 1.54) is 51.4 Å². The van der Waals surface area contributed by atoms with Crippen molar-refractivity contribution in [2.45, 2.75) is 90.9 Å². The molecule has 0 aromatic carbocycles. The molecule has 0 aromatic rings. The van der Waals surface area contributed by atoms with Gasteiger partial charge in [0.1, 0.15) is 0 Å². The van der Waals surface area contributed by atoms with Crippen molar-refractivity contribution in [1.82, 2.24) is 0 Å². The van der Waals surface area contributed by atoms with Gasteiger partial charge in [-0.3, -0.25) is 4.18 Å². The molecule has 0 saturated carbocycles. The number of unbranched alkanes of at least 4 members (excludes halogenated alkanes) is 9. The van der Waals surface area contributed by atoms with E-state index in [0.717, 1.165) is 25.7 Å². The molecule has 0 aliphatic carbocycles. The van der Waals surface area contributed by atoms with E-state index in [4.69, 9.17) is 0 Å². The molecule has 0 aliphatic heterocycles. The molecule has 0 heterocycles. The van der Waals surface area contributed by atoms with E-state index in [2.05, 4.69) is 24.1 Å². The summed E-state index contributed by atoms with van der Waals surface area (Å²) in [6.45, 7) is 4.36. The summed E-state index contributed by atoms with van der Waals surface area (Å²) in [5.41, 5.74) is 0. The Morgan fingerprint density at radius 1 is 0.917 bits per heavy atom. The first-order valence-electron chi connectivity index (χ1n) is 9.26. The van der Waals surface area contributed by atoms with Crippen LogP contribution in [0, 0.1) is 5.92 Å². The van der Waals surface area contributed by atoms with E-state index in [1.54, 1.807) is 0 Å². The molecule has 0 N–H and O–H groups in total. The molecule has 0 bridgehead atoms. The van der Waals surface area contributed by atoms with Gasteiger partial charge >= 0.3 is 29.6 Å². The van der Waals surface area contributed by atoms with Gasteiger partial charge in [0.05, 0.1) is 6.61 Å². The van der Waals surface area contributed by atoms with Crippen molar-refractivity contribution in [3.63, 3.8) is 0 Å². The minimum Gasteiger partial charge on any atom is -0.726 e. The molecule has 0 spiro atoms. The second-order valence-corrected chi connectivity index (χ2v) is 7.34. The monoisotopic (exact) mass is 370 g/mol. The molecule has 0 radical (unpaired) electrons. The van der Waals surface area contributed by atoms with Gasteiger partial charge in [0, 0.05) is 5.92 Å². The second kappa shape index (κ2) is 18.4. The maximum Gasteiger partial charge on any atom is 1.00 e. The third-order valence-electron chi connectivity index (χ3n) is 3.99. The second-order valence-electron chi connectivity index (χ2n) is 6.29. The minimum absolute atomic E-state index is 0. The average molecular weight is 371 g/mol. The van der Waals surface area contributed by atoms with Gasteiger partial charge in [0.2, 0.25) is 10.4 Å². The van der Waals surface area contributed by atoms with Gasteiger partial charge in [-0.15, -0.1) is 0 Å². The molecule has 138 valence electrons. The first-order valence-corrected chi connectivity index (χ1v) is 10.6. The van der Waals surface area contributed by atoms with Crippen molar-refractivity contribution in [1.29, 1.82) is 0 Å². The van der Waals surface area contributed by atoms with Gasteiger partial charge in [0.25, 0.3) is 0 Å². The van der Waals surface area contributed by atoms with Crippen LogP contribution in [0.5, 0.6) is 0 Å². The Kier molecular flexibility index (Phi) is 20.6. The molecule has 1 atom stereocenters. The van der Waals surface area contributed by atoms with Gasteiger partial charge in [-0.25, -0.2) is 8.42 Å². The van der Waals surface area contributed by atoms with Gasteiger partial charge in [-0.05, 0) is 19.3 Å². The fraction of sp³-hybridized carbons (Fsp3) is 0.889. The molecule has 0 aliphatic rings. The van der Waals surface area contributed by atoms with Gasteiger partial charge < -0.3 is 4.55 Å². The molecule has 0 saturated heterocycles. The van der Waals surface area contributed by atoms with Crippen LogP contribution < -0.4 is 29.6 Å². The third kappa shape index (κ3) is 20.7. The predicted molar refractivity (Wildman–Crippen MR) is 95.0 cm³/mol. The van der Waals surface area contributed by atoms with Crippen LogP contribution in [-0.4, -0.2) is 19.6 Å². The molecule has 1 unspecified atom stereocenters.